The Morgan fingerprint density at radius 1 is 1.67 bits per heavy atom. The third kappa shape index (κ3) is 3.18. The Kier molecular flexibility index (Phi) is 4.05. The number of ether oxygens (including phenoxy) is 1. The maximum Gasteiger partial charge on any atom is 0.333 e. The van der Waals surface area contributed by atoms with E-state index >= 15 is 0 Å². The van der Waals surface area contributed by atoms with Gasteiger partial charge in [0.1, 0.15) is 5.82 Å². The monoisotopic (exact) mass is 232 g/mol. The van der Waals surface area contributed by atoms with E-state index < -0.39 is 17.9 Å². The largest absolute Gasteiger partial charge is 0.479 e. The van der Waals surface area contributed by atoms with E-state index in [1.165, 1.54) is 19.2 Å². The van der Waals surface area contributed by atoms with Crippen LogP contribution in [0.15, 0.2) is 18.2 Å². The Morgan fingerprint density at radius 3 is 2.80 bits per heavy atom. The lowest BCUT2D eigenvalue weighted by molar-refractivity contribution is -0.148. The molecule has 1 unspecified atom stereocenters. The van der Waals surface area contributed by atoms with Gasteiger partial charge in [-0.05, 0) is 17.7 Å². The lowest BCUT2D eigenvalue weighted by atomic mass is 10.1. The zero-order valence-electron chi connectivity index (χ0n) is 8.04. The van der Waals surface area contributed by atoms with E-state index in [-0.39, 0.29) is 17.0 Å². The van der Waals surface area contributed by atoms with Gasteiger partial charge in [0.05, 0.1) is 0 Å². The van der Waals surface area contributed by atoms with Crippen LogP contribution >= 0.6 is 11.6 Å². The summed E-state index contributed by atoms with van der Waals surface area (Å²) in [5.74, 6) is -1.64. The van der Waals surface area contributed by atoms with E-state index in [4.69, 9.17) is 21.4 Å². The number of hydrogen-bond acceptors (Lipinski definition) is 2. The van der Waals surface area contributed by atoms with Gasteiger partial charge in [-0.15, -0.1) is 0 Å². The first-order valence-corrected chi connectivity index (χ1v) is 4.62. The normalized spacial score (nSPS) is 12.5. The molecule has 82 valence electrons. The predicted molar refractivity (Wildman–Crippen MR) is 53.5 cm³/mol. The van der Waals surface area contributed by atoms with Gasteiger partial charge in [-0.2, -0.15) is 0 Å². The molecule has 0 amide bonds. The molecule has 0 radical (unpaired) electrons. The van der Waals surface area contributed by atoms with Crippen LogP contribution in [0.5, 0.6) is 0 Å². The van der Waals surface area contributed by atoms with E-state index in [0.717, 1.165) is 6.07 Å². The number of benzene rings is 1. The minimum absolute atomic E-state index is 0.0190. The summed E-state index contributed by atoms with van der Waals surface area (Å²) >= 11 is 5.56. The Hall–Kier alpha value is -1.13. The van der Waals surface area contributed by atoms with Crippen molar-refractivity contribution in [2.24, 2.45) is 0 Å². The van der Waals surface area contributed by atoms with Gasteiger partial charge in [0.15, 0.2) is 6.10 Å². The molecule has 1 aromatic rings. The molecule has 0 bridgehead atoms. The average Bonchev–Trinajstić information content (AvgIpc) is 2.16. The molecule has 0 aromatic heterocycles. The predicted octanol–water partition coefficient (Wildman–Crippen LogP) is 2.12. The summed E-state index contributed by atoms with van der Waals surface area (Å²) < 4.78 is 18.0. The van der Waals surface area contributed by atoms with Crippen molar-refractivity contribution in [2.45, 2.75) is 12.5 Å². The fourth-order valence-electron chi connectivity index (χ4n) is 1.16. The topological polar surface area (TPSA) is 46.5 Å². The Balaban J connectivity index is 2.84. The highest BCUT2D eigenvalue weighted by molar-refractivity contribution is 6.30. The number of methoxy groups -OCH3 is 1. The molecule has 0 spiro atoms. The van der Waals surface area contributed by atoms with E-state index in [2.05, 4.69) is 0 Å². The molecule has 5 heteroatoms. The molecule has 0 saturated heterocycles. The summed E-state index contributed by atoms with van der Waals surface area (Å²) in [5, 5.41) is 8.98. The van der Waals surface area contributed by atoms with Crippen LogP contribution in [0.2, 0.25) is 5.02 Å². The van der Waals surface area contributed by atoms with Crippen molar-refractivity contribution in [3.05, 3.63) is 34.6 Å². The minimum Gasteiger partial charge on any atom is -0.479 e. The van der Waals surface area contributed by atoms with Crippen molar-refractivity contribution in [2.75, 3.05) is 7.11 Å². The van der Waals surface area contributed by atoms with E-state index in [1.54, 1.807) is 0 Å². The van der Waals surface area contributed by atoms with Gasteiger partial charge in [0.2, 0.25) is 0 Å². The molecular formula is C10H10ClFO3. The maximum absolute atomic E-state index is 13.3. The number of carboxylic acid groups (broad SMARTS) is 1. The van der Waals surface area contributed by atoms with E-state index in [9.17, 15) is 9.18 Å². The highest BCUT2D eigenvalue weighted by Gasteiger charge is 2.18. The van der Waals surface area contributed by atoms with Crippen LogP contribution in [0.3, 0.4) is 0 Å². The summed E-state index contributed by atoms with van der Waals surface area (Å²) in [6.45, 7) is 0. The summed E-state index contributed by atoms with van der Waals surface area (Å²) in [6, 6.07) is 4.10. The number of hydrogen-bond donors (Lipinski definition) is 1. The van der Waals surface area contributed by atoms with Crippen molar-refractivity contribution >= 4 is 17.6 Å². The van der Waals surface area contributed by atoms with Crippen LogP contribution < -0.4 is 0 Å². The van der Waals surface area contributed by atoms with Crippen molar-refractivity contribution in [1.29, 1.82) is 0 Å². The smallest absolute Gasteiger partial charge is 0.333 e. The number of carbonyl (C=O) groups is 1. The summed E-state index contributed by atoms with van der Waals surface area (Å²) in [4.78, 5) is 10.6. The van der Waals surface area contributed by atoms with Crippen molar-refractivity contribution in [1.82, 2.24) is 0 Å². The Bertz CT molecular complexity index is 368. The molecule has 0 heterocycles. The number of carboxylic acids is 1. The van der Waals surface area contributed by atoms with Gasteiger partial charge in [0, 0.05) is 18.6 Å². The molecule has 1 aromatic carbocycles. The fraction of sp³-hybridized carbons (Fsp3) is 0.300. The molecule has 0 aliphatic carbocycles. The lowest BCUT2D eigenvalue weighted by Gasteiger charge is -2.10. The maximum atomic E-state index is 13.3. The third-order valence-electron chi connectivity index (χ3n) is 1.98. The molecule has 0 aliphatic heterocycles. The molecule has 1 atom stereocenters. The Labute approximate surface area is 91.4 Å². The molecule has 1 N–H and O–H groups in total. The van der Waals surface area contributed by atoms with Gasteiger partial charge < -0.3 is 9.84 Å². The van der Waals surface area contributed by atoms with Gasteiger partial charge in [-0.25, -0.2) is 9.18 Å². The van der Waals surface area contributed by atoms with Gasteiger partial charge >= 0.3 is 5.97 Å². The number of halogens is 2. The van der Waals surface area contributed by atoms with Crippen molar-refractivity contribution in [3.63, 3.8) is 0 Å². The third-order valence-corrected chi connectivity index (χ3v) is 2.22. The first-order valence-electron chi connectivity index (χ1n) is 4.24. The number of rotatable bonds is 4. The first kappa shape index (κ1) is 11.9. The summed E-state index contributed by atoms with van der Waals surface area (Å²) in [7, 11) is 1.27. The Morgan fingerprint density at radius 2 is 2.33 bits per heavy atom. The molecule has 0 saturated carbocycles. The summed E-state index contributed by atoms with van der Waals surface area (Å²) in [5.41, 5.74) is 0.272. The van der Waals surface area contributed by atoms with E-state index in [0.29, 0.717) is 0 Å². The van der Waals surface area contributed by atoms with Crippen molar-refractivity contribution < 1.29 is 19.0 Å². The highest BCUT2D eigenvalue weighted by Crippen LogP contribution is 2.16. The van der Waals surface area contributed by atoms with Gasteiger partial charge in [0.25, 0.3) is 0 Å². The van der Waals surface area contributed by atoms with E-state index in [1.807, 2.05) is 0 Å². The highest BCUT2D eigenvalue weighted by atomic mass is 35.5. The summed E-state index contributed by atoms with van der Waals surface area (Å²) in [6.07, 6.45) is -1.06. The minimum atomic E-state index is -1.12. The van der Waals surface area contributed by atoms with Crippen molar-refractivity contribution in [3.8, 4) is 0 Å². The lowest BCUT2D eigenvalue weighted by Crippen LogP contribution is -2.25. The van der Waals surface area contributed by atoms with Crippen LogP contribution in [0.1, 0.15) is 5.56 Å². The molecule has 3 nitrogen and oxygen atoms in total. The zero-order valence-corrected chi connectivity index (χ0v) is 8.79. The van der Waals surface area contributed by atoms with Gasteiger partial charge in [-0.3, -0.25) is 0 Å². The average molecular weight is 233 g/mol. The SMILES string of the molecule is COC(Cc1ccc(Cl)cc1F)C(=O)O. The van der Waals surface area contributed by atoms with Crippen LogP contribution in [-0.2, 0) is 16.0 Å². The molecule has 15 heavy (non-hydrogen) atoms. The molecule has 1 rings (SSSR count). The molecule has 0 aliphatic rings. The second kappa shape index (κ2) is 5.09. The van der Waals surface area contributed by atoms with Crippen LogP contribution in [0.4, 0.5) is 4.39 Å². The van der Waals surface area contributed by atoms with Crippen LogP contribution in [-0.4, -0.2) is 24.3 Å². The second-order valence-electron chi connectivity index (χ2n) is 3.00. The van der Waals surface area contributed by atoms with Crippen LogP contribution in [0.25, 0.3) is 0 Å². The zero-order chi connectivity index (χ0) is 11.4. The quantitative estimate of drug-likeness (QED) is 0.865. The first-order chi connectivity index (χ1) is 7.04. The fourth-order valence-corrected chi connectivity index (χ4v) is 1.32. The molecular weight excluding hydrogens is 223 g/mol. The van der Waals surface area contributed by atoms with Gasteiger partial charge in [-0.1, -0.05) is 17.7 Å². The van der Waals surface area contributed by atoms with Crippen LogP contribution in [0, 0.1) is 5.82 Å². The second-order valence-corrected chi connectivity index (χ2v) is 3.44. The number of aliphatic carboxylic acids is 1. The molecule has 0 fully saturated rings. The standard InChI is InChI=1S/C10H10ClFO3/c1-15-9(10(13)14)4-6-2-3-7(11)5-8(6)12/h2-3,5,9H,4H2,1H3,(H,13,14).